The van der Waals surface area contributed by atoms with Crippen LogP contribution in [0.4, 0.5) is 5.69 Å². The van der Waals surface area contributed by atoms with E-state index < -0.39 is 0 Å². The number of carbonyl (C=O) groups excluding carboxylic acids is 3. The first-order chi connectivity index (χ1) is 17.0. The number of benzene rings is 1. The first kappa shape index (κ1) is 25.5. The van der Waals surface area contributed by atoms with Crippen LogP contribution in [-0.4, -0.2) is 50.2 Å². The fraction of sp³-hybridized carbons (Fsp3) is 0.667. The number of hydrazine groups is 1. The van der Waals surface area contributed by atoms with Gasteiger partial charge in [-0.1, -0.05) is 19.3 Å². The van der Waals surface area contributed by atoms with Gasteiger partial charge in [0.05, 0.1) is 25.2 Å². The van der Waals surface area contributed by atoms with Crippen molar-refractivity contribution < 1.29 is 23.9 Å². The molecule has 0 bridgehead atoms. The monoisotopic (exact) mass is 485 g/mol. The van der Waals surface area contributed by atoms with Crippen LogP contribution in [0.2, 0.25) is 0 Å². The van der Waals surface area contributed by atoms with Crippen molar-refractivity contribution in [2.75, 3.05) is 25.1 Å². The van der Waals surface area contributed by atoms with Crippen LogP contribution >= 0.6 is 0 Å². The SMILES string of the molecule is COC(=O)[C@H]1CC[C@H](C(=O)NNC(=O)c2ccc(N3CCC(OC4CCCCC4)CC3)cc2)CC1. The number of nitrogens with one attached hydrogen (secondary N) is 2. The molecule has 4 rings (SSSR count). The lowest BCUT2D eigenvalue weighted by molar-refractivity contribution is -0.147. The Morgan fingerprint density at radius 1 is 0.771 bits per heavy atom. The third-order valence-electron chi connectivity index (χ3n) is 7.81. The van der Waals surface area contributed by atoms with Crippen LogP contribution in [-0.2, 0) is 19.1 Å². The minimum atomic E-state index is -0.340. The number of nitrogens with zero attached hydrogens (tertiary/aromatic N) is 1. The third-order valence-corrected chi connectivity index (χ3v) is 7.81. The van der Waals surface area contributed by atoms with Gasteiger partial charge in [-0.05, 0) is 75.6 Å². The van der Waals surface area contributed by atoms with Crippen molar-refractivity contribution in [2.45, 2.75) is 82.8 Å². The van der Waals surface area contributed by atoms with Gasteiger partial charge in [0, 0.05) is 30.3 Å². The van der Waals surface area contributed by atoms with Crippen LogP contribution < -0.4 is 15.8 Å². The van der Waals surface area contributed by atoms with E-state index in [2.05, 4.69) is 15.8 Å². The maximum Gasteiger partial charge on any atom is 0.308 e. The van der Waals surface area contributed by atoms with Gasteiger partial charge < -0.3 is 14.4 Å². The van der Waals surface area contributed by atoms with E-state index in [0.717, 1.165) is 31.6 Å². The molecule has 192 valence electrons. The molecule has 8 heteroatoms. The minimum Gasteiger partial charge on any atom is -0.469 e. The van der Waals surface area contributed by atoms with Gasteiger partial charge in [-0.3, -0.25) is 25.2 Å². The molecule has 0 spiro atoms. The van der Waals surface area contributed by atoms with Gasteiger partial charge in [0.2, 0.25) is 5.91 Å². The van der Waals surface area contributed by atoms with E-state index in [0.29, 0.717) is 43.5 Å². The predicted octanol–water partition coefficient (Wildman–Crippen LogP) is 3.75. The number of ether oxygens (including phenoxy) is 2. The second-order valence-corrected chi connectivity index (χ2v) is 10.1. The highest BCUT2D eigenvalue weighted by Crippen LogP contribution is 2.30. The zero-order valence-corrected chi connectivity index (χ0v) is 20.8. The smallest absolute Gasteiger partial charge is 0.308 e. The van der Waals surface area contributed by atoms with Gasteiger partial charge in [0.1, 0.15) is 0 Å². The number of anilines is 1. The maximum atomic E-state index is 12.5. The Balaban J connectivity index is 1.18. The highest BCUT2D eigenvalue weighted by Gasteiger charge is 2.30. The number of rotatable bonds is 6. The standard InChI is InChI=1S/C27H39N3O5/c1-34-27(33)21-9-7-19(8-10-21)25(31)28-29-26(32)20-11-13-22(14-12-20)30-17-15-24(16-18-30)35-23-5-3-2-4-6-23/h11-14,19,21,23-24H,2-10,15-18H2,1H3,(H,28,31)(H,29,32)/t19-,21-. The van der Waals surface area contributed by atoms with Crippen LogP contribution in [0.15, 0.2) is 24.3 Å². The molecule has 2 saturated carbocycles. The van der Waals surface area contributed by atoms with E-state index in [4.69, 9.17) is 9.47 Å². The summed E-state index contributed by atoms with van der Waals surface area (Å²) in [6.07, 6.45) is 11.7. The van der Waals surface area contributed by atoms with Crippen molar-refractivity contribution in [1.82, 2.24) is 10.9 Å². The lowest BCUT2D eigenvalue weighted by Gasteiger charge is -2.36. The van der Waals surface area contributed by atoms with Crippen molar-refractivity contribution >= 4 is 23.5 Å². The van der Waals surface area contributed by atoms with E-state index >= 15 is 0 Å². The van der Waals surface area contributed by atoms with Crippen LogP contribution in [0.3, 0.4) is 0 Å². The Hall–Kier alpha value is -2.61. The summed E-state index contributed by atoms with van der Waals surface area (Å²) < 4.78 is 11.1. The molecule has 35 heavy (non-hydrogen) atoms. The number of hydrogen-bond acceptors (Lipinski definition) is 6. The van der Waals surface area contributed by atoms with E-state index in [1.165, 1.54) is 39.2 Å². The first-order valence-electron chi connectivity index (χ1n) is 13.2. The van der Waals surface area contributed by atoms with Crippen molar-refractivity contribution in [2.24, 2.45) is 11.8 Å². The molecule has 1 saturated heterocycles. The molecule has 1 aromatic rings. The van der Waals surface area contributed by atoms with E-state index in [-0.39, 0.29) is 29.6 Å². The summed E-state index contributed by atoms with van der Waals surface area (Å²) >= 11 is 0. The van der Waals surface area contributed by atoms with E-state index in [1.807, 2.05) is 12.1 Å². The Morgan fingerprint density at radius 2 is 1.37 bits per heavy atom. The van der Waals surface area contributed by atoms with E-state index in [9.17, 15) is 14.4 Å². The van der Waals surface area contributed by atoms with Crippen LogP contribution in [0.25, 0.3) is 0 Å². The second kappa shape index (κ2) is 12.4. The predicted molar refractivity (Wildman–Crippen MR) is 133 cm³/mol. The highest BCUT2D eigenvalue weighted by atomic mass is 16.5. The molecule has 2 aliphatic carbocycles. The number of hydrogen-bond donors (Lipinski definition) is 2. The molecular formula is C27H39N3O5. The molecule has 8 nitrogen and oxygen atoms in total. The topological polar surface area (TPSA) is 97.0 Å². The lowest BCUT2D eigenvalue weighted by Crippen LogP contribution is -2.45. The van der Waals surface area contributed by atoms with Gasteiger partial charge >= 0.3 is 5.97 Å². The summed E-state index contributed by atoms with van der Waals surface area (Å²) in [6, 6.07) is 7.52. The Morgan fingerprint density at radius 3 is 2.00 bits per heavy atom. The summed E-state index contributed by atoms with van der Waals surface area (Å²) in [4.78, 5) is 38.9. The Bertz CT molecular complexity index is 852. The summed E-state index contributed by atoms with van der Waals surface area (Å²) in [5.74, 6) is -1.10. The van der Waals surface area contributed by atoms with Crippen molar-refractivity contribution in [3.63, 3.8) is 0 Å². The van der Waals surface area contributed by atoms with E-state index in [1.54, 1.807) is 12.1 Å². The molecule has 1 aromatic carbocycles. The number of carbonyl (C=O) groups is 3. The van der Waals surface area contributed by atoms with Crippen LogP contribution in [0, 0.1) is 11.8 Å². The van der Waals surface area contributed by atoms with Gasteiger partial charge in [0.25, 0.3) is 5.91 Å². The molecular weight excluding hydrogens is 446 g/mol. The minimum absolute atomic E-state index is 0.132. The van der Waals surface area contributed by atoms with Gasteiger partial charge in [-0.25, -0.2) is 0 Å². The normalized spacial score (nSPS) is 24.0. The Labute approximate surface area is 208 Å². The quantitative estimate of drug-likeness (QED) is 0.471. The summed E-state index contributed by atoms with van der Waals surface area (Å²) in [6.45, 7) is 1.91. The van der Waals surface area contributed by atoms with Crippen molar-refractivity contribution in [3.05, 3.63) is 29.8 Å². The molecule has 0 atom stereocenters. The number of esters is 1. The largest absolute Gasteiger partial charge is 0.469 e. The zero-order chi connectivity index (χ0) is 24.6. The summed E-state index contributed by atoms with van der Waals surface area (Å²) in [5, 5.41) is 0. The van der Waals surface area contributed by atoms with Crippen LogP contribution in [0.1, 0.15) is 81.0 Å². The summed E-state index contributed by atoms with van der Waals surface area (Å²) in [7, 11) is 1.39. The molecule has 2 amide bonds. The fourth-order valence-electron chi connectivity index (χ4n) is 5.60. The maximum absolute atomic E-state index is 12.5. The number of amides is 2. The number of piperidine rings is 1. The molecule has 3 aliphatic rings. The molecule has 1 aliphatic heterocycles. The molecule has 0 aromatic heterocycles. The molecule has 3 fully saturated rings. The van der Waals surface area contributed by atoms with Crippen LogP contribution in [0.5, 0.6) is 0 Å². The molecule has 2 N–H and O–H groups in total. The second-order valence-electron chi connectivity index (χ2n) is 10.1. The third kappa shape index (κ3) is 6.97. The molecule has 0 radical (unpaired) electrons. The fourth-order valence-corrected chi connectivity index (χ4v) is 5.60. The average molecular weight is 486 g/mol. The molecule has 1 heterocycles. The zero-order valence-electron chi connectivity index (χ0n) is 20.8. The Kier molecular flexibility index (Phi) is 9.01. The average Bonchev–Trinajstić information content (AvgIpc) is 2.92. The van der Waals surface area contributed by atoms with Crippen molar-refractivity contribution in [3.8, 4) is 0 Å². The molecule has 0 unspecified atom stereocenters. The highest BCUT2D eigenvalue weighted by molar-refractivity contribution is 5.95. The van der Waals surface area contributed by atoms with Crippen molar-refractivity contribution in [1.29, 1.82) is 0 Å². The van der Waals surface area contributed by atoms with Gasteiger partial charge in [0.15, 0.2) is 0 Å². The van der Waals surface area contributed by atoms with Gasteiger partial charge in [-0.15, -0.1) is 0 Å². The lowest BCUT2D eigenvalue weighted by atomic mass is 9.82. The van der Waals surface area contributed by atoms with Gasteiger partial charge in [-0.2, -0.15) is 0 Å². The number of methoxy groups -OCH3 is 1. The summed E-state index contributed by atoms with van der Waals surface area (Å²) in [5.41, 5.74) is 6.67. The first-order valence-corrected chi connectivity index (χ1v) is 13.2.